The fraction of sp³-hybridized carbons (Fsp3) is 0.208. The number of H-pyrrole nitrogens is 1. The van der Waals surface area contributed by atoms with Crippen LogP contribution in [0.25, 0.3) is 0 Å². The Labute approximate surface area is 214 Å². The average Bonchev–Trinajstić information content (AvgIpc) is 2.80. The fourth-order valence-electron chi connectivity index (χ4n) is 3.94. The number of carbonyl (C=O) groups excluding carboxylic acids is 1. The summed E-state index contributed by atoms with van der Waals surface area (Å²) in [4.78, 5) is 26.5. The van der Waals surface area contributed by atoms with Gasteiger partial charge in [0.25, 0.3) is 15.9 Å². The number of rotatable bonds is 7. The summed E-state index contributed by atoms with van der Waals surface area (Å²) in [5.74, 6) is -1.88. The van der Waals surface area contributed by atoms with Crippen molar-refractivity contribution < 1.29 is 23.4 Å². The number of amides is 1. The molecule has 1 heterocycles. The predicted octanol–water partition coefficient (Wildman–Crippen LogP) is 3.22. The van der Waals surface area contributed by atoms with Gasteiger partial charge in [0.2, 0.25) is 5.56 Å². The number of aromatic nitrogens is 1. The standard InChI is InChI=1S/C24H21BrN4O6S/c25-16-2-3-19(30)20(11-16)36(34,35)29-18-10-15(24(13-26)5-1-6-24)9-17(22(18)32)23(33)28-12-14-4-7-27-21(31)8-14/h2-4,7-11,29-30,32H,1,5-6,12H2,(H,27,31)(H,28,33). The van der Waals surface area contributed by atoms with Crippen LogP contribution in [-0.4, -0.2) is 29.5 Å². The smallest absolute Gasteiger partial charge is 0.265 e. The molecule has 2 aromatic carbocycles. The Bertz CT molecular complexity index is 1560. The van der Waals surface area contributed by atoms with E-state index < -0.39 is 37.7 Å². The SMILES string of the molecule is N#CC1(c2cc(NS(=O)(=O)c3cc(Br)ccc3O)c(O)c(C(=O)NCc3cc[nH]c(=O)c3)c2)CCC1. The van der Waals surface area contributed by atoms with E-state index >= 15 is 0 Å². The number of carbonyl (C=O) groups is 1. The van der Waals surface area contributed by atoms with Gasteiger partial charge in [0.15, 0.2) is 5.75 Å². The molecule has 0 unspecified atom stereocenters. The number of phenols is 2. The van der Waals surface area contributed by atoms with Gasteiger partial charge in [0.1, 0.15) is 10.6 Å². The van der Waals surface area contributed by atoms with E-state index in [-0.39, 0.29) is 23.4 Å². The third-order valence-corrected chi connectivity index (χ3v) is 7.96. The molecule has 4 rings (SSSR count). The van der Waals surface area contributed by atoms with E-state index in [4.69, 9.17) is 0 Å². The van der Waals surface area contributed by atoms with Crippen LogP contribution in [0.4, 0.5) is 5.69 Å². The second-order valence-corrected chi connectivity index (χ2v) is 11.0. The van der Waals surface area contributed by atoms with Gasteiger partial charge in [0, 0.05) is 23.3 Å². The van der Waals surface area contributed by atoms with E-state index in [9.17, 15) is 33.5 Å². The molecule has 1 saturated carbocycles. The number of nitrogens with zero attached hydrogens (tertiary/aromatic N) is 1. The number of nitriles is 1. The Hall–Kier alpha value is -3.82. The van der Waals surface area contributed by atoms with Crippen LogP contribution in [0.5, 0.6) is 11.5 Å². The van der Waals surface area contributed by atoms with Crippen molar-refractivity contribution >= 4 is 37.5 Å². The second-order valence-electron chi connectivity index (χ2n) is 8.43. The summed E-state index contributed by atoms with van der Waals surface area (Å²) in [6, 6.07) is 11.7. The molecule has 1 aliphatic carbocycles. The number of halogens is 1. The average molecular weight is 573 g/mol. The van der Waals surface area contributed by atoms with Crippen molar-refractivity contribution in [3.63, 3.8) is 0 Å². The summed E-state index contributed by atoms with van der Waals surface area (Å²) in [5.41, 5.74) is -0.925. The van der Waals surface area contributed by atoms with Crippen molar-refractivity contribution in [2.75, 3.05) is 4.72 Å². The predicted molar refractivity (Wildman–Crippen MR) is 134 cm³/mol. The van der Waals surface area contributed by atoms with Gasteiger partial charge in [-0.15, -0.1) is 0 Å². The van der Waals surface area contributed by atoms with Gasteiger partial charge in [-0.2, -0.15) is 5.26 Å². The summed E-state index contributed by atoms with van der Waals surface area (Å²) in [6.45, 7) is -0.0250. The van der Waals surface area contributed by atoms with Crippen molar-refractivity contribution in [2.24, 2.45) is 0 Å². The molecule has 12 heteroatoms. The van der Waals surface area contributed by atoms with Crippen LogP contribution in [0, 0.1) is 11.3 Å². The van der Waals surface area contributed by atoms with Crippen molar-refractivity contribution in [1.29, 1.82) is 5.26 Å². The van der Waals surface area contributed by atoms with Gasteiger partial charge in [-0.05, 0) is 66.8 Å². The minimum Gasteiger partial charge on any atom is -0.507 e. The molecule has 1 aliphatic rings. The Morgan fingerprint density at radius 3 is 2.56 bits per heavy atom. The molecule has 1 aromatic heterocycles. The second kappa shape index (κ2) is 9.67. The molecule has 3 aromatic rings. The van der Waals surface area contributed by atoms with Crippen molar-refractivity contribution in [2.45, 2.75) is 36.1 Å². The van der Waals surface area contributed by atoms with Gasteiger partial charge in [-0.3, -0.25) is 14.3 Å². The van der Waals surface area contributed by atoms with Gasteiger partial charge < -0.3 is 20.5 Å². The van der Waals surface area contributed by atoms with Crippen LogP contribution >= 0.6 is 15.9 Å². The summed E-state index contributed by atoms with van der Waals surface area (Å²) in [7, 11) is -4.39. The lowest BCUT2D eigenvalue weighted by Crippen LogP contribution is -2.33. The van der Waals surface area contributed by atoms with Crippen LogP contribution in [-0.2, 0) is 22.0 Å². The first-order valence-corrected chi connectivity index (χ1v) is 13.1. The first-order valence-electron chi connectivity index (χ1n) is 10.8. The van der Waals surface area contributed by atoms with Crippen molar-refractivity contribution in [3.8, 4) is 17.6 Å². The number of phenolic OH excluding ortho intramolecular Hbond substituents is 2. The highest BCUT2D eigenvalue weighted by molar-refractivity contribution is 9.10. The van der Waals surface area contributed by atoms with E-state index in [0.717, 1.165) is 6.42 Å². The molecule has 0 spiro atoms. The first-order chi connectivity index (χ1) is 17.0. The molecule has 0 bridgehead atoms. The third-order valence-electron chi connectivity index (χ3n) is 6.08. The number of anilines is 1. The van der Waals surface area contributed by atoms with Crippen molar-refractivity contribution in [3.05, 3.63) is 80.2 Å². The van der Waals surface area contributed by atoms with E-state index in [1.54, 1.807) is 6.07 Å². The third kappa shape index (κ3) is 4.93. The number of hydrogen-bond acceptors (Lipinski definition) is 7. The number of aromatic amines is 1. The molecular weight excluding hydrogens is 552 g/mol. The molecule has 1 amide bonds. The molecule has 0 atom stereocenters. The summed E-state index contributed by atoms with van der Waals surface area (Å²) in [6.07, 6.45) is 3.24. The van der Waals surface area contributed by atoms with Crippen LogP contribution in [0.15, 0.2) is 62.8 Å². The number of benzene rings is 2. The Kier molecular flexibility index (Phi) is 6.79. The molecule has 186 valence electrons. The lowest BCUT2D eigenvalue weighted by molar-refractivity contribution is 0.0948. The molecule has 36 heavy (non-hydrogen) atoms. The number of nitrogens with one attached hydrogen (secondary N) is 3. The minimum atomic E-state index is -4.39. The fourth-order valence-corrected chi connectivity index (χ4v) is 5.63. The maximum atomic E-state index is 13.1. The Morgan fingerprint density at radius 2 is 1.92 bits per heavy atom. The van der Waals surface area contributed by atoms with Gasteiger partial charge in [-0.1, -0.05) is 15.9 Å². The minimum absolute atomic E-state index is 0.0250. The van der Waals surface area contributed by atoms with E-state index in [1.807, 2.05) is 0 Å². The zero-order valence-corrected chi connectivity index (χ0v) is 21.1. The summed E-state index contributed by atoms with van der Waals surface area (Å²) in [5, 5.41) is 33.4. The maximum Gasteiger partial charge on any atom is 0.265 e. The summed E-state index contributed by atoms with van der Waals surface area (Å²) < 4.78 is 28.8. The highest BCUT2D eigenvalue weighted by Crippen LogP contribution is 2.46. The zero-order chi connectivity index (χ0) is 26.1. The largest absolute Gasteiger partial charge is 0.507 e. The quantitative estimate of drug-likeness (QED) is 0.270. The monoisotopic (exact) mass is 572 g/mol. The molecule has 0 aliphatic heterocycles. The number of aromatic hydroxyl groups is 2. The van der Waals surface area contributed by atoms with Crippen LogP contribution in [0.2, 0.25) is 0 Å². The Balaban J connectivity index is 1.74. The van der Waals surface area contributed by atoms with Crippen LogP contribution in [0.3, 0.4) is 0 Å². The lowest BCUT2D eigenvalue weighted by Gasteiger charge is -2.36. The molecule has 10 nitrogen and oxygen atoms in total. The van der Waals surface area contributed by atoms with E-state index in [2.05, 4.69) is 37.0 Å². The van der Waals surface area contributed by atoms with Crippen LogP contribution < -0.4 is 15.6 Å². The maximum absolute atomic E-state index is 13.1. The molecule has 0 radical (unpaired) electrons. The number of pyridine rings is 1. The highest BCUT2D eigenvalue weighted by atomic mass is 79.9. The topological polar surface area (TPSA) is 172 Å². The van der Waals surface area contributed by atoms with Gasteiger partial charge >= 0.3 is 0 Å². The highest BCUT2D eigenvalue weighted by Gasteiger charge is 2.40. The lowest BCUT2D eigenvalue weighted by atomic mass is 9.65. The first kappa shape index (κ1) is 25.3. The Morgan fingerprint density at radius 1 is 1.17 bits per heavy atom. The van der Waals surface area contributed by atoms with Gasteiger partial charge in [0.05, 0.1) is 22.7 Å². The van der Waals surface area contributed by atoms with E-state index in [1.165, 1.54) is 42.6 Å². The van der Waals surface area contributed by atoms with E-state index in [0.29, 0.717) is 28.4 Å². The zero-order valence-electron chi connectivity index (χ0n) is 18.7. The van der Waals surface area contributed by atoms with Gasteiger partial charge in [-0.25, -0.2) is 8.42 Å². The number of hydrogen-bond donors (Lipinski definition) is 5. The molecular formula is C24H21BrN4O6S. The molecule has 1 fully saturated rings. The van der Waals surface area contributed by atoms with Crippen molar-refractivity contribution in [1.82, 2.24) is 10.3 Å². The molecule has 0 saturated heterocycles. The summed E-state index contributed by atoms with van der Waals surface area (Å²) >= 11 is 3.16. The van der Waals surface area contributed by atoms with Crippen LogP contribution in [0.1, 0.15) is 40.7 Å². The normalized spacial score (nSPS) is 14.3. The number of sulfonamides is 1. The molecule has 5 N–H and O–H groups in total.